The maximum atomic E-state index is 11.2. The molecule has 24 nitrogen and oxygen atoms in total. The van der Waals surface area contributed by atoms with E-state index < -0.39 is 120 Å². The number of rotatable bonds is 21. The van der Waals surface area contributed by atoms with Crippen LogP contribution in [0, 0.1) is 0 Å². The van der Waals surface area contributed by atoms with Crippen molar-refractivity contribution in [3.05, 3.63) is 0 Å². The minimum Gasteiger partial charge on any atom is -0.394 e. The van der Waals surface area contributed by atoms with E-state index >= 15 is 0 Å². The maximum absolute atomic E-state index is 11.2. The highest BCUT2D eigenvalue weighted by Gasteiger charge is 2.46. The third-order valence-electron chi connectivity index (χ3n) is 7.82. The van der Waals surface area contributed by atoms with Crippen molar-refractivity contribution < 1.29 is 107 Å². The van der Waals surface area contributed by atoms with E-state index in [2.05, 4.69) is 10.3 Å². The molecule has 3 rings (SSSR count). The molecule has 3 heterocycles. The van der Waals surface area contributed by atoms with Gasteiger partial charge in [-0.3, -0.25) is 9.13 Å². The van der Waals surface area contributed by atoms with Crippen LogP contribution in [0.25, 0.3) is 0 Å². The van der Waals surface area contributed by atoms with E-state index in [1.54, 1.807) is 13.8 Å². The molecule has 3 aliphatic heterocycles. The lowest BCUT2D eigenvalue weighted by Crippen LogP contribution is -2.58. The Kier molecular flexibility index (Phi) is 18.0. The fourth-order valence-corrected chi connectivity index (χ4v) is 6.34. The molecule has 0 radical (unpaired) electrons. The molecular formula is C27H50N2O22P2. The van der Waals surface area contributed by atoms with E-state index in [0.717, 1.165) is 6.21 Å². The van der Waals surface area contributed by atoms with Gasteiger partial charge in [-0.25, -0.2) is 0 Å². The van der Waals surface area contributed by atoms with E-state index in [9.17, 15) is 44.9 Å². The third-order valence-corrected chi connectivity index (χ3v) is 9.50. The summed E-state index contributed by atoms with van der Waals surface area (Å²) in [4.78, 5) is 46.5. The van der Waals surface area contributed by atoms with Gasteiger partial charge in [-0.05, 0) is 26.7 Å². The Balaban J connectivity index is 1.40. The van der Waals surface area contributed by atoms with Crippen molar-refractivity contribution >= 4 is 27.6 Å². The lowest BCUT2D eigenvalue weighted by Gasteiger charge is -2.40. The first-order valence-corrected chi connectivity index (χ1v) is 20.0. The molecule has 0 amide bonds. The summed E-state index contributed by atoms with van der Waals surface area (Å²) in [7, 11) is -8.82. The van der Waals surface area contributed by atoms with Crippen LogP contribution in [-0.2, 0) is 52.0 Å². The number of aliphatic hydroxyl groups is 7. The van der Waals surface area contributed by atoms with Crippen molar-refractivity contribution in [2.24, 2.45) is 10.3 Å². The lowest BCUT2D eigenvalue weighted by atomic mass is 9.97. The van der Waals surface area contributed by atoms with Gasteiger partial charge in [0, 0.05) is 0 Å². The van der Waals surface area contributed by atoms with Gasteiger partial charge in [0.25, 0.3) is 0 Å². The summed E-state index contributed by atoms with van der Waals surface area (Å²) in [5.74, 6) is -1.14. The van der Waals surface area contributed by atoms with Crippen LogP contribution in [-0.4, -0.2) is 199 Å². The number of nitrogens with zero attached hydrogens (tertiary/aromatic N) is 2. The summed E-state index contributed by atoms with van der Waals surface area (Å²) in [5.41, 5.74) is 0. The number of hydrogen-bond donors (Lipinski definition) is 11. The molecular weight excluding hydrogens is 766 g/mol. The predicted molar refractivity (Wildman–Crippen MR) is 173 cm³/mol. The zero-order valence-corrected chi connectivity index (χ0v) is 30.5. The standard InChI is InChI=1S/C27H50N2O22P2/c1-27(2)50-17(12-29-46-8-6-44-26-23(36)21(34)19(32)16(49-26)4-10-53(40,41)42)24(51-27)47-14(13-30)11-28-45-7-5-43-25-22(35)20(33)18(31)15(48-25)3-9-52(37,38)39/h11-12,14-26,30-36H,3-10,13H2,1-2H3,(H2,37,38,39)(H2,40,41,42)/b28-11+,29-12-/t14-,15+,16+,17+,18+,19+,20-,21-,22-,23-,24-,25?,26?/m0/s1. The SMILES string of the molecule is CC1(C)O[C@H](O[C@@H](/C=N/OCCOC2O[C@H](CCP(=O)(O)O)[C@@H](O)[C@H](O)[C@@H]2O)CO)[C@@H](/C=N\OCCOC2O[C@H](CCP(=O)(O)O)[C@@H](O)[C@H](O)[C@@H]2O)O1. The molecule has 26 heteroatoms. The molecule has 3 aliphatic rings. The van der Waals surface area contributed by atoms with E-state index in [1.165, 1.54) is 6.21 Å². The monoisotopic (exact) mass is 816 g/mol. The van der Waals surface area contributed by atoms with Crippen molar-refractivity contribution in [3.8, 4) is 0 Å². The highest BCUT2D eigenvalue weighted by atomic mass is 31.2. The highest BCUT2D eigenvalue weighted by molar-refractivity contribution is 7.52. The third kappa shape index (κ3) is 15.3. The smallest absolute Gasteiger partial charge is 0.325 e. The first-order valence-electron chi connectivity index (χ1n) is 16.4. The van der Waals surface area contributed by atoms with Crippen LogP contribution in [0.1, 0.15) is 26.7 Å². The van der Waals surface area contributed by atoms with Gasteiger partial charge in [0.2, 0.25) is 0 Å². The number of ether oxygens (including phenoxy) is 7. The fraction of sp³-hybridized carbons (Fsp3) is 0.926. The predicted octanol–water partition coefficient (Wildman–Crippen LogP) is -4.37. The minimum absolute atomic E-state index is 0.199. The molecule has 0 bridgehead atoms. The van der Waals surface area contributed by atoms with Crippen LogP contribution in [0.4, 0.5) is 0 Å². The van der Waals surface area contributed by atoms with Crippen LogP contribution in [0.5, 0.6) is 0 Å². The number of hydrogen-bond acceptors (Lipinski definition) is 20. The Hall–Kier alpha value is -1.32. The van der Waals surface area contributed by atoms with Gasteiger partial charge < -0.3 is 98.2 Å². The van der Waals surface area contributed by atoms with Gasteiger partial charge in [-0.15, -0.1) is 0 Å². The van der Waals surface area contributed by atoms with Crippen LogP contribution >= 0.6 is 15.2 Å². The van der Waals surface area contributed by atoms with Crippen LogP contribution in [0.3, 0.4) is 0 Å². The first-order chi connectivity index (χ1) is 24.7. The Morgan fingerprint density at radius 1 is 0.679 bits per heavy atom. The first kappa shape index (κ1) is 46.1. The second-order valence-corrected chi connectivity index (χ2v) is 16.2. The Labute approximate surface area is 303 Å². The second-order valence-electron chi connectivity index (χ2n) is 12.6. The molecule has 2 unspecified atom stereocenters. The summed E-state index contributed by atoms with van der Waals surface area (Å²) in [6.07, 6.45) is -17.9. The zero-order valence-electron chi connectivity index (χ0n) is 28.7. The molecule has 11 N–H and O–H groups in total. The normalized spacial score (nSPS) is 35.9. The van der Waals surface area contributed by atoms with Gasteiger partial charge in [0.15, 0.2) is 30.8 Å². The average Bonchev–Trinajstić information content (AvgIpc) is 3.37. The Bertz CT molecular complexity index is 1250. The molecule has 310 valence electrons. The summed E-state index contributed by atoms with van der Waals surface area (Å²) < 4.78 is 60.9. The quantitative estimate of drug-likeness (QED) is 0.0226. The van der Waals surface area contributed by atoms with E-state index in [4.69, 9.17) is 62.4 Å². The highest BCUT2D eigenvalue weighted by Crippen LogP contribution is 2.38. The Morgan fingerprint density at radius 3 is 1.60 bits per heavy atom. The lowest BCUT2D eigenvalue weighted by molar-refractivity contribution is -0.298. The van der Waals surface area contributed by atoms with E-state index in [1.807, 2.05) is 0 Å². The van der Waals surface area contributed by atoms with Crippen molar-refractivity contribution in [2.75, 3.05) is 45.4 Å². The summed E-state index contributed by atoms with van der Waals surface area (Å²) in [6.45, 7) is 1.74. The van der Waals surface area contributed by atoms with E-state index in [-0.39, 0.29) is 39.3 Å². The van der Waals surface area contributed by atoms with Crippen molar-refractivity contribution in [3.63, 3.8) is 0 Å². The van der Waals surface area contributed by atoms with Gasteiger partial charge >= 0.3 is 15.2 Å². The summed E-state index contributed by atoms with van der Waals surface area (Å²) >= 11 is 0. The molecule has 0 aromatic heterocycles. The number of oxime groups is 2. The minimum atomic E-state index is -4.41. The molecule has 13 atom stereocenters. The molecule has 3 fully saturated rings. The second kappa shape index (κ2) is 20.7. The molecule has 3 saturated heterocycles. The molecule has 0 aromatic carbocycles. The van der Waals surface area contributed by atoms with Crippen LogP contribution in [0.2, 0.25) is 0 Å². The zero-order chi connectivity index (χ0) is 39.6. The van der Waals surface area contributed by atoms with Gasteiger partial charge in [0.05, 0.1) is 56.8 Å². The topological polar surface area (TPSA) is 364 Å². The average molecular weight is 817 g/mol. The van der Waals surface area contributed by atoms with Crippen molar-refractivity contribution in [2.45, 2.75) is 112 Å². The molecule has 0 spiro atoms. The van der Waals surface area contributed by atoms with E-state index in [0.29, 0.717) is 0 Å². The summed E-state index contributed by atoms with van der Waals surface area (Å²) in [5, 5.41) is 77.9. The largest absolute Gasteiger partial charge is 0.394 e. The van der Waals surface area contributed by atoms with Gasteiger partial charge in [-0.1, -0.05) is 10.3 Å². The van der Waals surface area contributed by atoms with Gasteiger partial charge in [-0.2, -0.15) is 0 Å². The van der Waals surface area contributed by atoms with Crippen LogP contribution < -0.4 is 0 Å². The molecule has 53 heavy (non-hydrogen) atoms. The maximum Gasteiger partial charge on any atom is 0.325 e. The fourth-order valence-electron chi connectivity index (χ4n) is 5.16. The molecule has 0 aromatic rings. The van der Waals surface area contributed by atoms with Crippen LogP contribution in [0.15, 0.2) is 10.3 Å². The van der Waals surface area contributed by atoms with Crippen molar-refractivity contribution in [1.82, 2.24) is 0 Å². The number of aliphatic hydroxyl groups excluding tert-OH is 7. The molecule has 0 aliphatic carbocycles. The summed E-state index contributed by atoms with van der Waals surface area (Å²) in [6, 6.07) is 0. The molecule has 0 saturated carbocycles. The van der Waals surface area contributed by atoms with Gasteiger partial charge in [0.1, 0.15) is 55.9 Å². The Morgan fingerprint density at radius 2 is 1.15 bits per heavy atom. The van der Waals surface area contributed by atoms with Crippen molar-refractivity contribution in [1.29, 1.82) is 0 Å².